The van der Waals surface area contributed by atoms with Crippen molar-refractivity contribution in [3.05, 3.63) is 54.9 Å². The van der Waals surface area contributed by atoms with Gasteiger partial charge in [-0.15, -0.1) is 11.7 Å². The van der Waals surface area contributed by atoms with E-state index in [2.05, 4.69) is 16.9 Å². The maximum absolute atomic E-state index is 10.3. The molecule has 0 fully saturated rings. The standard InChI is InChI=1S/C9H7N3O.C3H6/c13-7-8-6-12(11-10-8)9-4-2-1-3-5-9;1-3-2/h1-7H;3H,1H2,2H3. The van der Waals surface area contributed by atoms with E-state index in [0.29, 0.717) is 12.0 Å². The van der Waals surface area contributed by atoms with Gasteiger partial charge in [0.1, 0.15) is 5.69 Å². The summed E-state index contributed by atoms with van der Waals surface area (Å²) >= 11 is 0. The lowest BCUT2D eigenvalue weighted by Crippen LogP contribution is -1.93. The summed E-state index contributed by atoms with van der Waals surface area (Å²) in [5.41, 5.74) is 1.23. The van der Waals surface area contributed by atoms with Crippen LogP contribution in [0, 0.1) is 0 Å². The molecule has 1 aromatic heterocycles. The van der Waals surface area contributed by atoms with Crippen LogP contribution in [0.4, 0.5) is 0 Å². The first kappa shape index (κ1) is 11.8. The minimum atomic E-state index is 0.337. The van der Waals surface area contributed by atoms with Gasteiger partial charge in [-0.2, -0.15) is 0 Å². The maximum atomic E-state index is 10.3. The topological polar surface area (TPSA) is 47.8 Å². The number of aromatic nitrogens is 3. The van der Waals surface area contributed by atoms with E-state index in [0.717, 1.165) is 5.69 Å². The average molecular weight is 215 g/mol. The van der Waals surface area contributed by atoms with Crippen LogP contribution in [0.1, 0.15) is 17.4 Å². The van der Waals surface area contributed by atoms with Gasteiger partial charge in [0.2, 0.25) is 0 Å². The van der Waals surface area contributed by atoms with E-state index in [1.165, 1.54) is 0 Å². The van der Waals surface area contributed by atoms with Crippen LogP contribution in [0.5, 0.6) is 0 Å². The molecule has 1 heterocycles. The molecule has 4 nitrogen and oxygen atoms in total. The molecule has 0 atom stereocenters. The summed E-state index contributed by atoms with van der Waals surface area (Å²) in [7, 11) is 0. The summed E-state index contributed by atoms with van der Waals surface area (Å²) in [6.45, 7) is 5.25. The summed E-state index contributed by atoms with van der Waals surface area (Å²) < 4.78 is 1.56. The number of hydrogen-bond donors (Lipinski definition) is 0. The first-order chi connectivity index (χ1) is 7.81. The number of carbonyl (C=O) groups excluding carboxylic acids is 1. The Hall–Kier alpha value is -2.23. The van der Waals surface area contributed by atoms with Gasteiger partial charge >= 0.3 is 0 Å². The van der Waals surface area contributed by atoms with Gasteiger partial charge < -0.3 is 0 Å². The van der Waals surface area contributed by atoms with Crippen LogP contribution in [0.2, 0.25) is 0 Å². The first-order valence-corrected chi connectivity index (χ1v) is 4.81. The van der Waals surface area contributed by atoms with Crippen LogP contribution >= 0.6 is 0 Å². The SMILES string of the molecule is C=CC.O=Cc1cn(-c2ccccc2)nn1. The smallest absolute Gasteiger partial charge is 0.171 e. The first-order valence-electron chi connectivity index (χ1n) is 4.81. The highest BCUT2D eigenvalue weighted by Gasteiger charge is 1.99. The molecule has 0 aliphatic rings. The molecule has 82 valence electrons. The molecule has 0 saturated carbocycles. The van der Waals surface area contributed by atoms with Crippen molar-refractivity contribution in [2.45, 2.75) is 6.92 Å². The van der Waals surface area contributed by atoms with Gasteiger partial charge in [-0.1, -0.05) is 29.5 Å². The summed E-state index contributed by atoms with van der Waals surface area (Å²) in [5, 5.41) is 7.45. The van der Waals surface area contributed by atoms with Crippen molar-refractivity contribution >= 4 is 6.29 Å². The van der Waals surface area contributed by atoms with Crippen LogP contribution in [0.3, 0.4) is 0 Å². The molecule has 2 aromatic rings. The molecule has 0 spiro atoms. The highest BCUT2D eigenvalue weighted by Crippen LogP contribution is 2.04. The lowest BCUT2D eigenvalue weighted by atomic mass is 10.3. The van der Waals surface area contributed by atoms with Crippen molar-refractivity contribution < 1.29 is 4.79 Å². The van der Waals surface area contributed by atoms with Crippen LogP contribution in [0.15, 0.2) is 49.2 Å². The van der Waals surface area contributed by atoms with Crippen molar-refractivity contribution in [1.29, 1.82) is 0 Å². The second kappa shape index (κ2) is 6.29. The molecule has 0 radical (unpaired) electrons. The number of aldehydes is 1. The van der Waals surface area contributed by atoms with Gasteiger partial charge in [0.15, 0.2) is 6.29 Å². The summed E-state index contributed by atoms with van der Waals surface area (Å²) in [5.74, 6) is 0. The predicted molar refractivity (Wildman–Crippen MR) is 62.6 cm³/mol. The number of allylic oxidation sites excluding steroid dienone is 1. The fourth-order valence-electron chi connectivity index (χ4n) is 1.04. The van der Waals surface area contributed by atoms with Gasteiger partial charge in [-0.3, -0.25) is 4.79 Å². The average Bonchev–Trinajstić information content (AvgIpc) is 2.80. The number of benzene rings is 1. The molecular formula is C12H13N3O. The number of para-hydroxylation sites is 1. The molecule has 0 amide bonds. The maximum Gasteiger partial charge on any atom is 0.171 e. The predicted octanol–water partition coefficient (Wildman–Crippen LogP) is 2.27. The zero-order chi connectivity index (χ0) is 11.8. The van der Waals surface area contributed by atoms with E-state index >= 15 is 0 Å². The monoisotopic (exact) mass is 215 g/mol. The van der Waals surface area contributed by atoms with Crippen molar-refractivity contribution in [1.82, 2.24) is 15.0 Å². The van der Waals surface area contributed by atoms with E-state index in [4.69, 9.17) is 0 Å². The van der Waals surface area contributed by atoms with E-state index in [-0.39, 0.29) is 0 Å². The third-order valence-corrected chi connectivity index (χ3v) is 1.65. The fraction of sp³-hybridized carbons (Fsp3) is 0.0833. The normalized spacial score (nSPS) is 8.81. The Morgan fingerprint density at radius 3 is 2.44 bits per heavy atom. The Balaban J connectivity index is 0.000000386. The van der Waals surface area contributed by atoms with Crippen molar-refractivity contribution in [3.63, 3.8) is 0 Å². The number of rotatable bonds is 2. The lowest BCUT2D eigenvalue weighted by Gasteiger charge is -1.96. The molecule has 0 N–H and O–H groups in total. The molecule has 0 saturated heterocycles. The van der Waals surface area contributed by atoms with E-state index < -0.39 is 0 Å². The summed E-state index contributed by atoms with van der Waals surface area (Å²) in [6.07, 6.45) is 4.01. The fourth-order valence-corrected chi connectivity index (χ4v) is 1.04. The van der Waals surface area contributed by atoms with Crippen LogP contribution < -0.4 is 0 Å². The molecule has 2 rings (SSSR count). The molecule has 4 heteroatoms. The van der Waals surface area contributed by atoms with Gasteiger partial charge in [0.05, 0.1) is 11.9 Å². The molecule has 0 aliphatic heterocycles. The number of nitrogens with zero attached hydrogens (tertiary/aromatic N) is 3. The number of carbonyl (C=O) groups is 1. The van der Waals surface area contributed by atoms with Crippen molar-refractivity contribution in [2.75, 3.05) is 0 Å². The van der Waals surface area contributed by atoms with Gasteiger partial charge in [-0.05, 0) is 19.1 Å². The zero-order valence-corrected chi connectivity index (χ0v) is 9.08. The second-order valence-electron chi connectivity index (χ2n) is 2.95. The van der Waals surface area contributed by atoms with Crippen LogP contribution in [0.25, 0.3) is 5.69 Å². The van der Waals surface area contributed by atoms with Gasteiger partial charge in [-0.25, -0.2) is 4.68 Å². The Morgan fingerprint density at radius 1 is 1.31 bits per heavy atom. The quantitative estimate of drug-likeness (QED) is 0.570. The Morgan fingerprint density at radius 2 is 1.94 bits per heavy atom. The number of hydrogen-bond acceptors (Lipinski definition) is 3. The summed E-state index contributed by atoms with van der Waals surface area (Å²) in [4.78, 5) is 10.3. The molecule has 1 aromatic carbocycles. The minimum absolute atomic E-state index is 0.337. The van der Waals surface area contributed by atoms with Crippen LogP contribution in [-0.2, 0) is 0 Å². The molecular weight excluding hydrogens is 202 g/mol. The minimum Gasteiger partial charge on any atom is -0.296 e. The van der Waals surface area contributed by atoms with E-state index in [9.17, 15) is 4.79 Å². The van der Waals surface area contributed by atoms with Gasteiger partial charge in [0, 0.05) is 0 Å². The zero-order valence-electron chi connectivity index (χ0n) is 9.08. The highest BCUT2D eigenvalue weighted by molar-refractivity contribution is 5.70. The van der Waals surface area contributed by atoms with Crippen molar-refractivity contribution in [2.24, 2.45) is 0 Å². The molecule has 0 bridgehead atoms. The Labute approximate surface area is 94.2 Å². The third-order valence-electron chi connectivity index (χ3n) is 1.65. The van der Waals surface area contributed by atoms with E-state index in [1.54, 1.807) is 17.0 Å². The highest BCUT2D eigenvalue weighted by atomic mass is 16.1. The lowest BCUT2D eigenvalue weighted by molar-refractivity contribution is 0.111. The summed E-state index contributed by atoms with van der Waals surface area (Å²) in [6, 6.07) is 9.50. The second-order valence-corrected chi connectivity index (χ2v) is 2.95. The molecule has 0 aliphatic carbocycles. The third kappa shape index (κ3) is 3.16. The molecule has 16 heavy (non-hydrogen) atoms. The largest absolute Gasteiger partial charge is 0.296 e. The van der Waals surface area contributed by atoms with Crippen molar-refractivity contribution in [3.8, 4) is 5.69 Å². The van der Waals surface area contributed by atoms with Gasteiger partial charge in [0.25, 0.3) is 0 Å². The van der Waals surface area contributed by atoms with Crippen LogP contribution in [-0.4, -0.2) is 21.3 Å². The van der Waals surface area contributed by atoms with E-state index in [1.807, 2.05) is 37.3 Å². The Bertz CT molecular complexity index is 448. The Kier molecular flexibility index (Phi) is 4.66. The molecule has 0 unspecified atom stereocenters.